The number of rotatable bonds is 7. The minimum Gasteiger partial charge on any atom is -0.478 e. The first kappa shape index (κ1) is 19.0. The van der Waals surface area contributed by atoms with Crippen molar-refractivity contribution < 1.29 is 13.9 Å². The first-order chi connectivity index (χ1) is 13.1. The summed E-state index contributed by atoms with van der Waals surface area (Å²) in [7, 11) is 0. The number of hydrogen-bond acceptors (Lipinski definition) is 4. The average molecular weight is 384 g/mol. The van der Waals surface area contributed by atoms with Gasteiger partial charge in [0, 0.05) is 10.9 Å². The second kappa shape index (κ2) is 8.77. The summed E-state index contributed by atoms with van der Waals surface area (Å²) in [5, 5.41) is 5.66. The number of nitrogens with one attached hydrogen (secondary N) is 1. The molecule has 1 heterocycles. The fourth-order valence-electron chi connectivity index (χ4n) is 2.52. The second-order valence-corrected chi connectivity index (χ2v) is 7.03. The van der Waals surface area contributed by atoms with E-state index in [0.29, 0.717) is 13.0 Å². The Hall–Kier alpha value is -2.73. The quantitative estimate of drug-likeness (QED) is 0.641. The molecule has 0 unspecified atom stereocenters. The fraction of sp³-hybridized carbons (Fsp3) is 0.238. The first-order valence-corrected chi connectivity index (χ1v) is 9.65. The third-order valence-electron chi connectivity index (χ3n) is 4.06. The molecular weight excluding hydrogens is 363 g/mol. The van der Waals surface area contributed by atoms with Crippen molar-refractivity contribution in [3.63, 3.8) is 0 Å². The highest BCUT2D eigenvalue weighted by Gasteiger charge is 2.20. The molecule has 3 rings (SSSR count). The number of halogens is 1. The van der Waals surface area contributed by atoms with Crippen molar-refractivity contribution in [3.8, 4) is 16.3 Å². The van der Waals surface area contributed by atoms with Crippen LogP contribution in [0, 0.1) is 12.7 Å². The van der Waals surface area contributed by atoms with Crippen LogP contribution in [0.15, 0.2) is 53.9 Å². The molecule has 0 fully saturated rings. The summed E-state index contributed by atoms with van der Waals surface area (Å²) >= 11 is 1.54. The predicted octanol–water partition coefficient (Wildman–Crippen LogP) is 4.73. The number of para-hydroxylation sites is 1. The highest BCUT2D eigenvalue weighted by atomic mass is 32.1. The fourth-order valence-corrected chi connectivity index (χ4v) is 3.35. The Labute approximate surface area is 162 Å². The van der Waals surface area contributed by atoms with E-state index >= 15 is 0 Å². The Bertz CT molecular complexity index is 909. The van der Waals surface area contributed by atoms with Crippen LogP contribution in [0.4, 0.5) is 4.39 Å². The van der Waals surface area contributed by atoms with Gasteiger partial charge in [0.1, 0.15) is 5.01 Å². The maximum absolute atomic E-state index is 13.7. The van der Waals surface area contributed by atoms with Crippen molar-refractivity contribution >= 4 is 17.2 Å². The van der Waals surface area contributed by atoms with Crippen molar-refractivity contribution in [2.24, 2.45) is 0 Å². The number of aromatic nitrogens is 1. The number of carbonyl (C=O) groups is 1. The van der Waals surface area contributed by atoms with E-state index in [-0.39, 0.29) is 11.7 Å². The lowest BCUT2D eigenvalue weighted by Crippen LogP contribution is -2.37. The highest BCUT2D eigenvalue weighted by molar-refractivity contribution is 7.13. The Morgan fingerprint density at radius 2 is 1.96 bits per heavy atom. The van der Waals surface area contributed by atoms with Crippen LogP contribution in [0.5, 0.6) is 5.75 Å². The maximum Gasteiger partial charge on any atom is 0.261 e. The van der Waals surface area contributed by atoms with E-state index in [1.54, 1.807) is 12.1 Å². The second-order valence-electron chi connectivity index (χ2n) is 6.17. The Morgan fingerprint density at radius 3 is 2.67 bits per heavy atom. The van der Waals surface area contributed by atoms with E-state index in [4.69, 9.17) is 4.74 Å². The van der Waals surface area contributed by atoms with Gasteiger partial charge in [-0.3, -0.25) is 4.79 Å². The molecule has 0 aliphatic rings. The molecule has 1 aromatic heterocycles. The molecule has 0 bridgehead atoms. The highest BCUT2D eigenvalue weighted by Crippen LogP contribution is 2.24. The van der Waals surface area contributed by atoms with Gasteiger partial charge in [0.05, 0.1) is 12.2 Å². The zero-order valence-electron chi connectivity index (χ0n) is 15.2. The topological polar surface area (TPSA) is 51.2 Å². The summed E-state index contributed by atoms with van der Waals surface area (Å²) in [5.74, 6) is -0.688. The van der Waals surface area contributed by atoms with Gasteiger partial charge in [0.2, 0.25) is 0 Å². The summed E-state index contributed by atoms with van der Waals surface area (Å²) in [5.41, 5.74) is 3.03. The van der Waals surface area contributed by atoms with Gasteiger partial charge in [0.25, 0.3) is 5.91 Å². The van der Waals surface area contributed by atoms with Gasteiger partial charge in [-0.2, -0.15) is 0 Å². The molecule has 1 amide bonds. The number of hydrogen-bond donors (Lipinski definition) is 1. The van der Waals surface area contributed by atoms with Gasteiger partial charge < -0.3 is 10.1 Å². The molecule has 3 aromatic rings. The van der Waals surface area contributed by atoms with E-state index in [1.807, 2.05) is 43.5 Å². The molecule has 1 atom stereocenters. The number of thiazole rings is 1. The van der Waals surface area contributed by atoms with E-state index in [9.17, 15) is 9.18 Å². The van der Waals surface area contributed by atoms with Crippen molar-refractivity contribution in [3.05, 3.63) is 71.0 Å². The largest absolute Gasteiger partial charge is 0.478 e. The Morgan fingerprint density at radius 1 is 1.22 bits per heavy atom. The molecule has 4 nitrogen and oxygen atoms in total. The third kappa shape index (κ3) is 4.92. The molecule has 0 saturated heterocycles. The van der Waals surface area contributed by atoms with Crippen molar-refractivity contribution in [1.82, 2.24) is 10.3 Å². The van der Waals surface area contributed by atoms with Crippen molar-refractivity contribution in [2.75, 3.05) is 0 Å². The van der Waals surface area contributed by atoms with Crippen molar-refractivity contribution in [2.45, 2.75) is 32.9 Å². The van der Waals surface area contributed by atoms with Crippen LogP contribution in [-0.4, -0.2) is 17.0 Å². The Balaban J connectivity index is 1.59. The number of aryl methyl sites for hydroxylation is 1. The molecule has 140 valence electrons. The van der Waals surface area contributed by atoms with Crippen molar-refractivity contribution in [1.29, 1.82) is 0 Å². The normalized spacial score (nSPS) is 11.8. The van der Waals surface area contributed by atoms with Gasteiger partial charge in [-0.05, 0) is 25.5 Å². The van der Waals surface area contributed by atoms with E-state index in [0.717, 1.165) is 16.3 Å². The maximum atomic E-state index is 13.7. The van der Waals surface area contributed by atoms with Crippen LogP contribution in [-0.2, 0) is 11.3 Å². The lowest BCUT2D eigenvalue weighted by Gasteiger charge is -2.17. The minimum absolute atomic E-state index is 0.0785. The van der Waals surface area contributed by atoms with Crippen LogP contribution in [0.25, 0.3) is 10.6 Å². The molecule has 0 aliphatic heterocycles. The Kier molecular flexibility index (Phi) is 6.19. The van der Waals surface area contributed by atoms with E-state index < -0.39 is 11.9 Å². The van der Waals surface area contributed by atoms with Crippen LogP contribution >= 0.6 is 11.3 Å². The molecule has 0 aliphatic carbocycles. The number of benzene rings is 2. The van der Waals surface area contributed by atoms with Crippen LogP contribution in [0.2, 0.25) is 0 Å². The van der Waals surface area contributed by atoms with Gasteiger partial charge in [0.15, 0.2) is 17.7 Å². The molecule has 0 saturated carbocycles. The lowest BCUT2D eigenvalue weighted by molar-refractivity contribution is -0.128. The number of ether oxygens (including phenoxy) is 1. The monoisotopic (exact) mass is 384 g/mol. The molecule has 0 spiro atoms. The number of amides is 1. The molecule has 27 heavy (non-hydrogen) atoms. The van der Waals surface area contributed by atoms with Gasteiger partial charge in [-0.1, -0.05) is 48.9 Å². The van der Waals surface area contributed by atoms with Crippen LogP contribution < -0.4 is 10.1 Å². The zero-order chi connectivity index (χ0) is 19.2. The number of carbonyl (C=O) groups excluding carboxylic acids is 1. The molecule has 0 radical (unpaired) electrons. The smallest absolute Gasteiger partial charge is 0.261 e. The minimum atomic E-state index is -0.753. The van der Waals surface area contributed by atoms with E-state index in [2.05, 4.69) is 10.3 Å². The SMILES string of the molecule is CC[C@@H](Oc1ccccc1F)C(=O)NCc1csc(-c2ccc(C)cc2)n1. The number of nitrogens with zero attached hydrogens (tertiary/aromatic N) is 1. The van der Waals surface area contributed by atoms with Gasteiger partial charge >= 0.3 is 0 Å². The summed E-state index contributed by atoms with van der Waals surface area (Å²) in [6, 6.07) is 14.2. The lowest BCUT2D eigenvalue weighted by atomic mass is 10.2. The van der Waals surface area contributed by atoms with Crippen LogP contribution in [0.1, 0.15) is 24.6 Å². The molecule has 1 N–H and O–H groups in total. The van der Waals surface area contributed by atoms with E-state index in [1.165, 1.54) is 29.0 Å². The molecule has 6 heteroatoms. The van der Waals surface area contributed by atoms with Gasteiger partial charge in [-0.15, -0.1) is 11.3 Å². The molecular formula is C21H21FN2O2S. The summed E-state index contributed by atoms with van der Waals surface area (Å²) in [4.78, 5) is 17.0. The summed E-state index contributed by atoms with van der Waals surface area (Å²) < 4.78 is 19.2. The first-order valence-electron chi connectivity index (χ1n) is 8.77. The van der Waals surface area contributed by atoms with Gasteiger partial charge in [-0.25, -0.2) is 9.37 Å². The third-order valence-corrected chi connectivity index (χ3v) is 5.00. The average Bonchev–Trinajstić information content (AvgIpc) is 3.15. The zero-order valence-corrected chi connectivity index (χ0v) is 16.1. The summed E-state index contributed by atoms with van der Waals surface area (Å²) in [6.45, 7) is 4.17. The standard InChI is InChI=1S/C21H21FN2O2S/c1-3-18(26-19-7-5-4-6-17(19)22)20(25)23-12-16-13-27-21(24-16)15-10-8-14(2)9-11-15/h4-11,13,18H,3,12H2,1-2H3,(H,23,25)/t18-/m1/s1. The predicted molar refractivity (Wildman–Crippen MR) is 105 cm³/mol. The summed E-state index contributed by atoms with van der Waals surface area (Å²) in [6.07, 6.45) is -0.316. The molecule has 2 aromatic carbocycles. The van der Waals surface area contributed by atoms with Crippen LogP contribution in [0.3, 0.4) is 0 Å².